The lowest BCUT2D eigenvalue weighted by Gasteiger charge is -2.02. The van der Waals surface area contributed by atoms with Gasteiger partial charge in [-0.05, 0) is 6.92 Å². The lowest BCUT2D eigenvalue weighted by atomic mass is 10.3. The second-order valence-corrected chi connectivity index (χ2v) is 2.85. The number of nitrogens with two attached hydrogens (primary N) is 1. The van der Waals surface area contributed by atoms with Crippen LogP contribution in [0.1, 0.15) is 6.92 Å². The molecule has 6 heteroatoms. The van der Waals surface area contributed by atoms with Crippen LogP contribution >= 0.6 is 11.5 Å². The van der Waals surface area contributed by atoms with Gasteiger partial charge in [0.25, 0.3) is 0 Å². The van der Waals surface area contributed by atoms with Crippen molar-refractivity contribution in [1.82, 2.24) is 9.59 Å². The molecule has 0 fully saturated rings. The molecule has 1 amide bonds. The van der Waals surface area contributed by atoms with Crippen molar-refractivity contribution in [2.75, 3.05) is 5.32 Å². The van der Waals surface area contributed by atoms with Crippen LogP contribution in [0.4, 0.5) is 5.00 Å². The molecule has 5 nitrogen and oxygen atoms in total. The number of carbonyl (C=O) groups excluding carboxylic acids is 1. The van der Waals surface area contributed by atoms with E-state index in [1.807, 2.05) is 0 Å². The van der Waals surface area contributed by atoms with E-state index in [-0.39, 0.29) is 5.91 Å². The first-order chi connectivity index (χ1) is 5.20. The summed E-state index contributed by atoms with van der Waals surface area (Å²) in [7, 11) is 0. The Bertz CT molecular complexity index is 233. The van der Waals surface area contributed by atoms with Crippen molar-refractivity contribution in [2.24, 2.45) is 5.73 Å². The first kappa shape index (κ1) is 8.09. The number of nitrogens with zero attached hydrogens (tertiary/aromatic N) is 2. The maximum atomic E-state index is 10.9. The van der Waals surface area contributed by atoms with Crippen molar-refractivity contribution >= 4 is 22.4 Å². The summed E-state index contributed by atoms with van der Waals surface area (Å²) in [6.45, 7) is 1.61. The van der Waals surface area contributed by atoms with E-state index in [1.165, 1.54) is 6.20 Å². The molecule has 1 rings (SSSR count). The minimum absolute atomic E-state index is 0.226. The highest BCUT2D eigenvalue weighted by Crippen LogP contribution is 2.08. The average Bonchev–Trinajstić information content (AvgIpc) is 2.39. The molecule has 0 aliphatic heterocycles. The number of amides is 1. The van der Waals surface area contributed by atoms with E-state index in [2.05, 4.69) is 14.9 Å². The van der Waals surface area contributed by atoms with Crippen molar-refractivity contribution in [2.45, 2.75) is 13.0 Å². The molecule has 0 spiro atoms. The topological polar surface area (TPSA) is 80.9 Å². The Balaban J connectivity index is 2.50. The molecule has 0 aromatic carbocycles. The van der Waals surface area contributed by atoms with E-state index in [1.54, 1.807) is 6.92 Å². The molecule has 0 saturated carbocycles. The normalized spacial score (nSPS) is 12.5. The SMILES string of the molecule is C[C@H](N)C(=O)Nc1cnns1. The number of carbonyl (C=O) groups is 1. The summed E-state index contributed by atoms with van der Waals surface area (Å²) in [5.74, 6) is -0.226. The van der Waals surface area contributed by atoms with E-state index in [0.29, 0.717) is 5.00 Å². The average molecular weight is 172 g/mol. The van der Waals surface area contributed by atoms with Gasteiger partial charge in [-0.3, -0.25) is 4.79 Å². The fraction of sp³-hybridized carbons (Fsp3) is 0.400. The summed E-state index contributed by atoms with van der Waals surface area (Å²) >= 11 is 1.12. The monoisotopic (exact) mass is 172 g/mol. The van der Waals surface area contributed by atoms with E-state index < -0.39 is 6.04 Å². The third kappa shape index (κ3) is 2.24. The molecule has 0 aliphatic carbocycles. The van der Waals surface area contributed by atoms with Gasteiger partial charge in [-0.2, -0.15) is 0 Å². The van der Waals surface area contributed by atoms with Gasteiger partial charge >= 0.3 is 0 Å². The zero-order valence-corrected chi connectivity index (χ0v) is 6.76. The van der Waals surface area contributed by atoms with Crippen LogP contribution in [0.25, 0.3) is 0 Å². The van der Waals surface area contributed by atoms with Gasteiger partial charge in [0.2, 0.25) is 5.91 Å². The summed E-state index contributed by atoms with van der Waals surface area (Å²) in [4.78, 5) is 10.9. The van der Waals surface area contributed by atoms with Gasteiger partial charge in [-0.1, -0.05) is 4.49 Å². The van der Waals surface area contributed by atoms with Crippen LogP contribution in [0, 0.1) is 0 Å². The van der Waals surface area contributed by atoms with Gasteiger partial charge in [0.05, 0.1) is 12.2 Å². The molecule has 0 aliphatic rings. The van der Waals surface area contributed by atoms with Crippen molar-refractivity contribution in [3.05, 3.63) is 6.20 Å². The molecule has 3 N–H and O–H groups in total. The molecule has 11 heavy (non-hydrogen) atoms. The number of hydrogen-bond donors (Lipinski definition) is 2. The predicted octanol–water partition coefficient (Wildman–Crippen LogP) is -0.176. The van der Waals surface area contributed by atoms with Gasteiger partial charge in [-0.15, -0.1) is 5.10 Å². The zero-order chi connectivity index (χ0) is 8.27. The van der Waals surface area contributed by atoms with Crippen LogP contribution in [0.2, 0.25) is 0 Å². The van der Waals surface area contributed by atoms with Crippen molar-refractivity contribution < 1.29 is 4.79 Å². The minimum atomic E-state index is -0.503. The van der Waals surface area contributed by atoms with E-state index in [9.17, 15) is 4.79 Å². The Hall–Kier alpha value is -1.01. The Kier molecular flexibility index (Phi) is 2.50. The maximum absolute atomic E-state index is 10.9. The maximum Gasteiger partial charge on any atom is 0.241 e. The minimum Gasteiger partial charge on any atom is -0.320 e. The lowest BCUT2D eigenvalue weighted by molar-refractivity contribution is -0.117. The molecular formula is C5H8N4OS. The van der Waals surface area contributed by atoms with Gasteiger partial charge in [0, 0.05) is 11.5 Å². The van der Waals surface area contributed by atoms with E-state index >= 15 is 0 Å². The smallest absolute Gasteiger partial charge is 0.241 e. The molecule has 1 heterocycles. The fourth-order valence-corrected chi connectivity index (χ4v) is 0.880. The number of hydrogen-bond acceptors (Lipinski definition) is 5. The molecule has 0 unspecified atom stereocenters. The van der Waals surface area contributed by atoms with Crippen molar-refractivity contribution in [1.29, 1.82) is 0 Å². The van der Waals surface area contributed by atoms with Crippen molar-refractivity contribution in [3.8, 4) is 0 Å². The lowest BCUT2D eigenvalue weighted by Crippen LogP contribution is -2.32. The van der Waals surface area contributed by atoms with Crippen LogP contribution in [-0.2, 0) is 4.79 Å². The van der Waals surface area contributed by atoms with Crippen molar-refractivity contribution in [3.63, 3.8) is 0 Å². The summed E-state index contributed by atoms with van der Waals surface area (Å²) in [5.41, 5.74) is 5.30. The highest BCUT2D eigenvalue weighted by molar-refractivity contribution is 7.10. The summed E-state index contributed by atoms with van der Waals surface area (Å²) in [6.07, 6.45) is 1.48. The molecule has 1 aromatic rings. The van der Waals surface area contributed by atoms with Crippen LogP contribution in [-0.4, -0.2) is 21.5 Å². The van der Waals surface area contributed by atoms with E-state index in [0.717, 1.165) is 11.5 Å². The molecule has 1 atom stereocenters. The number of anilines is 1. The molecule has 0 radical (unpaired) electrons. The second kappa shape index (κ2) is 3.40. The second-order valence-electron chi connectivity index (χ2n) is 2.06. The van der Waals surface area contributed by atoms with Crippen LogP contribution < -0.4 is 11.1 Å². The van der Waals surface area contributed by atoms with Crippen LogP contribution in [0.15, 0.2) is 6.20 Å². The quantitative estimate of drug-likeness (QED) is 0.648. The first-order valence-electron chi connectivity index (χ1n) is 3.04. The number of nitrogens with one attached hydrogen (secondary N) is 1. The van der Waals surface area contributed by atoms with Gasteiger partial charge < -0.3 is 11.1 Å². The van der Waals surface area contributed by atoms with E-state index in [4.69, 9.17) is 5.73 Å². The number of aromatic nitrogens is 2. The highest BCUT2D eigenvalue weighted by atomic mass is 32.1. The first-order valence-corrected chi connectivity index (χ1v) is 3.81. The summed E-state index contributed by atoms with van der Waals surface area (Å²) in [5, 5.41) is 6.72. The largest absolute Gasteiger partial charge is 0.320 e. The fourth-order valence-electron chi connectivity index (χ4n) is 0.457. The third-order valence-corrected chi connectivity index (χ3v) is 1.60. The summed E-state index contributed by atoms with van der Waals surface area (Å²) < 4.78 is 3.57. The standard InChI is InChI=1S/C5H8N4OS/c1-3(6)5(10)8-4-2-7-9-11-4/h2-3H,6H2,1H3,(H,8,10)/t3-/m0/s1. The van der Waals surface area contributed by atoms with Crippen LogP contribution in [0.5, 0.6) is 0 Å². The predicted molar refractivity (Wildman–Crippen MR) is 42.2 cm³/mol. The third-order valence-electron chi connectivity index (χ3n) is 1.02. The van der Waals surface area contributed by atoms with Crippen LogP contribution in [0.3, 0.4) is 0 Å². The Labute approximate surface area is 67.8 Å². The molecular weight excluding hydrogens is 164 g/mol. The molecule has 0 saturated heterocycles. The Morgan fingerprint density at radius 2 is 2.64 bits per heavy atom. The summed E-state index contributed by atoms with van der Waals surface area (Å²) in [6, 6.07) is -0.503. The highest BCUT2D eigenvalue weighted by Gasteiger charge is 2.07. The molecule has 1 aromatic heterocycles. The molecule has 60 valence electrons. The molecule has 0 bridgehead atoms. The number of rotatable bonds is 2. The Morgan fingerprint density at radius 1 is 1.91 bits per heavy atom. The zero-order valence-electron chi connectivity index (χ0n) is 5.94. The van der Waals surface area contributed by atoms with Gasteiger partial charge in [0.15, 0.2) is 0 Å². The Morgan fingerprint density at radius 3 is 3.09 bits per heavy atom. The van der Waals surface area contributed by atoms with Gasteiger partial charge in [-0.25, -0.2) is 0 Å². The van der Waals surface area contributed by atoms with Gasteiger partial charge in [0.1, 0.15) is 5.00 Å².